The monoisotopic (exact) mass is 258 g/mol. The zero-order valence-corrected chi connectivity index (χ0v) is 10.5. The number of likely N-dealkylation sites (tertiary alicyclic amines) is 1. The van der Waals surface area contributed by atoms with Crippen LogP contribution in [0.3, 0.4) is 0 Å². The Hall–Kier alpha value is -1.63. The number of nitrogens with zero attached hydrogens (tertiary/aromatic N) is 1. The summed E-state index contributed by atoms with van der Waals surface area (Å²) >= 11 is 0. The van der Waals surface area contributed by atoms with E-state index < -0.39 is 17.9 Å². The summed E-state index contributed by atoms with van der Waals surface area (Å²) in [5.74, 6) is -2.12. The van der Waals surface area contributed by atoms with Gasteiger partial charge in [-0.15, -0.1) is 0 Å². The van der Waals surface area contributed by atoms with Crippen molar-refractivity contribution >= 4 is 17.8 Å². The number of rotatable bonds is 4. The lowest BCUT2D eigenvalue weighted by Gasteiger charge is -2.35. The highest BCUT2D eigenvalue weighted by Gasteiger charge is 2.32. The zero-order valence-electron chi connectivity index (χ0n) is 10.5. The number of methoxy groups -OCH3 is 1. The van der Waals surface area contributed by atoms with Crippen molar-refractivity contribution in [3.63, 3.8) is 0 Å². The van der Waals surface area contributed by atoms with E-state index in [1.54, 1.807) is 4.90 Å². The highest BCUT2D eigenvalue weighted by atomic mass is 16.5. The molecule has 7 nitrogen and oxygen atoms in total. The molecule has 0 aromatic rings. The third-order valence-electron chi connectivity index (χ3n) is 2.86. The SMILES string of the molecule is COC(=O)CN1CC(NC(C)=O)CC(C(=O)O)C1. The minimum atomic E-state index is -0.917. The largest absolute Gasteiger partial charge is 0.481 e. The number of aliphatic carboxylic acids is 1. The molecule has 0 aliphatic carbocycles. The van der Waals surface area contributed by atoms with Crippen LogP contribution in [-0.4, -0.2) is 60.6 Å². The number of esters is 1. The second kappa shape index (κ2) is 6.34. The molecule has 1 saturated heterocycles. The predicted molar refractivity (Wildman–Crippen MR) is 61.8 cm³/mol. The summed E-state index contributed by atoms with van der Waals surface area (Å²) in [4.78, 5) is 34.9. The zero-order chi connectivity index (χ0) is 13.7. The van der Waals surface area contributed by atoms with E-state index in [4.69, 9.17) is 5.11 Å². The van der Waals surface area contributed by atoms with Crippen LogP contribution in [0.15, 0.2) is 0 Å². The second-order valence-corrected chi connectivity index (χ2v) is 4.44. The number of carbonyl (C=O) groups excluding carboxylic acids is 2. The van der Waals surface area contributed by atoms with E-state index in [1.165, 1.54) is 14.0 Å². The van der Waals surface area contributed by atoms with E-state index in [-0.39, 0.29) is 18.5 Å². The van der Waals surface area contributed by atoms with Crippen molar-refractivity contribution in [2.24, 2.45) is 5.92 Å². The van der Waals surface area contributed by atoms with Gasteiger partial charge in [-0.05, 0) is 6.42 Å². The molecule has 1 amide bonds. The van der Waals surface area contributed by atoms with Crippen LogP contribution in [0, 0.1) is 5.92 Å². The molecule has 102 valence electrons. The number of ether oxygens (including phenoxy) is 1. The van der Waals surface area contributed by atoms with Crippen LogP contribution >= 0.6 is 0 Å². The number of nitrogens with one attached hydrogen (secondary N) is 1. The first kappa shape index (κ1) is 14.4. The van der Waals surface area contributed by atoms with Crippen LogP contribution in [0.25, 0.3) is 0 Å². The molecule has 2 N–H and O–H groups in total. The Morgan fingerprint density at radius 2 is 2.06 bits per heavy atom. The number of piperidine rings is 1. The van der Waals surface area contributed by atoms with Crippen molar-refractivity contribution < 1.29 is 24.2 Å². The van der Waals surface area contributed by atoms with E-state index >= 15 is 0 Å². The van der Waals surface area contributed by atoms with Gasteiger partial charge < -0.3 is 15.2 Å². The molecular weight excluding hydrogens is 240 g/mol. The van der Waals surface area contributed by atoms with Gasteiger partial charge in [0.1, 0.15) is 0 Å². The summed E-state index contributed by atoms with van der Waals surface area (Å²) in [5.41, 5.74) is 0. The molecule has 0 spiro atoms. The molecular formula is C11H18N2O5. The van der Waals surface area contributed by atoms with Gasteiger partial charge in [0.05, 0.1) is 19.6 Å². The minimum Gasteiger partial charge on any atom is -0.481 e. The van der Waals surface area contributed by atoms with Gasteiger partial charge >= 0.3 is 11.9 Å². The number of carboxylic acids is 1. The van der Waals surface area contributed by atoms with Gasteiger partial charge in [0.15, 0.2) is 0 Å². The van der Waals surface area contributed by atoms with Gasteiger partial charge in [-0.2, -0.15) is 0 Å². The van der Waals surface area contributed by atoms with Crippen molar-refractivity contribution in [3.8, 4) is 0 Å². The van der Waals surface area contributed by atoms with Gasteiger partial charge in [-0.3, -0.25) is 19.3 Å². The van der Waals surface area contributed by atoms with Crippen LogP contribution in [0.4, 0.5) is 0 Å². The molecule has 0 aromatic carbocycles. The van der Waals surface area contributed by atoms with Crippen LogP contribution in [-0.2, 0) is 19.1 Å². The molecule has 2 unspecified atom stereocenters. The first-order chi connectivity index (χ1) is 8.42. The Balaban J connectivity index is 2.64. The topological polar surface area (TPSA) is 95.9 Å². The van der Waals surface area contributed by atoms with Crippen LogP contribution in [0.2, 0.25) is 0 Å². The quantitative estimate of drug-likeness (QED) is 0.632. The molecule has 0 bridgehead atoms. The lowest BCUT2D eigenvalue weighted by atomic mass is 9.94. The fraction of sp³-hybridized carbons (Fsp3) is 0.727. The van der Waals surface area contributed by atoms with E-state index in [9.17, 15) is 14.4 Å². The number of carbonyl (C=O) groups is 3. The van der Waals surface area contributed by atoms with E-state index in [2.05, 4.69) is 10.1 Å². The van der Waals surface area contributed by atoms with Crippen LogP contribution in [0.5, 0.6) is 0 Å². The average molecular weight is 258 g/mol. The molecule has 0 saturated carbocycles. The Labute approximate surface area is 105 Å². The summed E-state index contributed by atoms with van der Waals surface area (Å²) in [6.45, 7) is 2.17. The van der Waals surface area contributed by atoms with Gasteiger partial charge in [-0.1, -0.05) is 0 Å². The summed E-state index contributed by atoms with van der Waals surface area (Å²) in [6, 6.07) is -0.248. The molecule has 1 rings (SSSR count). The second-order valence-electron chi connectivity index (χ2n) is 4.44. The van der Waals surface area contributed by atoms with Crippen molar-refractivity contribution in [1.82, 2.24) is 10.2 Å². The predicted octanol–water partition coefficient (Wildman–Crippen LogP) is -0.929. The fourth-order valence-corrected chi connectivity index (χ4v) is 2.14. The van der Waals surface area contributed by atoms with Crippen molar-refractivity contribution in [3.05, 3.63) is 0 Å². The lowest BCUT2D eigenvalue weighted by Crippen LogP contribution is -2.53. The van der Waals surface area contributed by atoms with Crippen molar-refractivity contribution in [1.29, 1.82) is 0 Å². The Kier molecular flexibility index (Phi) is 5.08. The number of amides is 1. The lowest BCUT2D eigenvalue weighted by molar-refractivity contribution is -0.148. The Morgan fingerprint density at radius 1 is 1.39 bits per heavy atom. The third kappa shape index (κ3) is 4.33. The van der Waals surface area contributed by atoms with E-state index in [0.29, 0.717) is 19.5 Å². The molecule has 1 aliphatic rings. The number of carboxylic acid groups (broad SMARTS) is 1. The highest BCUT2D eigenvalue weighted by Crippen LogP contribution is 2.17. The van der Waals surface area contributed by atoms with Gasteiger partial charge in [-0.25, -0.2) is 0 Å². The smallest absolute Gasteiger partial charge is 0.319 e. The maximum atomic E-state index is 11.2. The van der Waals surface area contributed by atoms with Gasteiger partial charge in [0.2, 0.25) is 5.91 Å². The summed E-state index contributed by atoms with van der Waals surface area (Å²) in [7, 11) is 1.28. The fourth-order valence-electron chi connectivity index (χ4n) is 2.14. The number of hydrogen-bond acceptors (Lipinski definition) is 5. The van der Waals surface area contributed by atoms with Gasteiger partial charge in [0, 0.05) is 26.1 Å². The molecule has 7 heteroatoms. The summed E-state index contributed by atoms with van der Waals surface area (Å²) in [5, 5.41) is 11.7. The normalized spacial score (nSPS) is 24.3. The molecule has 1 fully saturated rings. The van der Waals surface area contributed by atoms with Crippen LogP contribution < -0.4 is 5.32 Å². The first-order valence-corrected chi connectivity index (χ1v) is 5.71. The molecule has 18 heavy (non-hydrogen) atoms. The maximum absolute atomic E-state index is 11.2. The molecule has 0 aromatic heterocycles. The van der Waals surface area contributed by atoms with E-state index in [0.717, 1.165) is 0 Å². The Morgan fingerprint density at radius 3 is 2.56 bits per heavy atom. The standard InChI is InChI=1S/C11H18N2O5/c1-7(14)12-9-3-8(11(16)17)4-13(5-9)6-10(15)18-2/h8-9H,3-6H2,1-2H3,(H,12,14)(H,16,17). The average Bonchev–Trinajstić information content (AvgIpc) is 2.27. The third-order valence-corrected chi connectivity index (χ3v) is 2.86. The molecule has 1 aliphatic heterocycles. The molecule has 1 heterocycles. The number of hydrogen-bond donors (Lipinski definition) is 2. The van der Waals surface area contributed by atoms with Crippen molar-refractivity contribution in [2.75, 3.05) is 26.7 Å². The Bertz CT molecular complexity index is 344. The van der Waals surface area contributed by atoms with Gasteiger partial charge in [0.25, 0.3) is 0 Å². The highest BCUT2D eigenvalue weighted by molar-refractivity contribution is 5.74. The minimum absolute atomic E-state index is 0.0381. The van der Waals surface area contributed by atoms with Crippen LogP contribution in [0.1, 0.15) is 13.3 Å². The first-order valence-electron chi connectivity index (χ1n) is 5.71. The summed E-state index contributed by atoms with van der Waals surface area (Å²) < 4.78 is 4.55. The van der Waals surface area contributed by atoms with Crippen molar-refractivity contribution in [2.45, 2.75) is 19.4 Å². The summed E-state index contributed by atoms with van der Waals surface area (Å²) in [6.07, 6.45) is 0.382. The molecule has 0 radical (unpaired) electrons. The maximum Gasteiger partial charge on any atom is 0.319 e. The van der Waals surface area contributed by atoms with E-state index in [1.807, 2.05) is 0 Å². The molecule has 2 atom stereocenters.